The van der Waals surface area contributed by atoms with Crippen molar-refractivity contribution in [1.82, 2.24) is 10.9 Å². The standard InChI is InChI=1S/C21H18F3N3O5S/c1-12-10-17(13(2)32-12)20(29)26-25-19(28)16-8-3-4-9-18(16)27-33(30,31)15-7-5-6-14(11-15)21(22,23)24/h3-11,27H,1-2H3,(H,25,28)(H,26,29). The number of benzene rings is 2. The molecule has 0 spiro atoms. The monoisotopic (exact) mass is 481 g/mol. The predicted octanol–water partition coefficient (Wildman–Crippen LogP) is 3.79. The molecule has 0 aliphatic carbocycles. The first kappa shape index (κ1) is 23.9. The molecule has 12 heteroatoms. The van der Waals surface area contributed by atoms with Crippen LogP contribution >= 0.6 is 0 Å². The molecule has 0 aliphatic rings. The summed E-state index contributed by atoms with van der Waals surface area (Å²) < 4.78 is 71.5. The van der Waals surface area contributed by atoms with Crippen molar-refractivity contribution in [2.24, 2.45) is 0 Å². The molecule has 0 atom stereocenters. The second-order valence-electron chi connectivity index (χ2n) is 6.91. The molecule has 0 saturated heterocycles. The number of amides is 2. The van der Waals surface area contributed by atoms with Gasteiger partial charge in [0.05, 0.1) is 27.3 Å². The van der Waals surface area contributed by atoms with Crippen LogP contribution in [-0.2, 0) is 16.2 Å². The number of hydrazine groups is 1. The van der Waals surface area contributed by atoms with Gasteiger partial charge in [0.15, 0.2) is 0 Å². The van der Waals surface area contributed by atoms with Crippen LogP contribution in [0.25, 0.3) is 0 Å². The number of aryl methyl sites for hydroxylation is 2. The van der Waals surface area contributed by atoms with E-state index in [0.29, 0.717) is 17.6 Å². The van der Waals surface area contributed by atoms with Gasteiger partial charge < -0.3 is 4.42 Å². The molecule has 0 saturated carbocycles. The number of sulfonamides is 1. The Morgan fingerprint density at radius 2 is 1.52 bits per heavy atom. The molecule has 1 aromatic heterocycles. The highest BCUT2D eigenvalue weighted by Gasteiger charge is 2.32. The molecular weight excluding hydrogens is 463 g/mol. The number of para-hydroxylation sites is 1. The fourth-order valence-corrected chi connectivity index (χ4v) is 4.04. The molecule has 0 unspecified atom stereocenters. The second-order valence-corrected chi connectivity index (χ2v) is 8.59. The molecule has 33 heavy (non-hydrogen) atoms. The Labute approximate surface area is 186 Å². The molecule has 0 aliphatic heterocycles. The smallest absolute Gasteiger partial charge is 0.416 e. The molecule has 1 heterocycles. The number of carbonyl (C=O) groups is 2. The van der Waals surface area contributed by atoms with Gasteiger partial charge in [-0.25, -0.2) is 8.42 Å². The van der Waals surface area contributed by atoms with Crippen LogP contribution in [0.3, 0.4) is 0 Å². The van der Waals surface area contributed by atoms with E-state index in [1.54, 1.807) is 13.8 Å². The summed E-state index contributed by atoms with van der Waals surface area (Å²) in [6.45, 7) is 3.22. The van der Waals surface area contributed by atoms with Crippen LogP contribution < -0.4 is 15.6 Å². The maximum Gasteiger partial charge on any atom is 0.416 e. The Morgan fingerprint density at radius 1 is 0.879 bits per heavy atom. The van der Waals surface area contributed by atoms with Gasteiger partial charge in [-0.1, -0.05) is 18.2 Å². The Balaban J connectivity index is 1.79. The molecule has 174 valence electrons. The first-order chi connectivity index (χ1) is 15.4. The summed E-state index contributed by atoms with van der Waals surface area (Å²) in [5.74, 6) is -0.671. The zero-order valence-electron chi connectivity index (χ0n) is 17.3. The van der Waals surface area contributed by atoms with Crippen LogP contribution in [-0.4, -0.2) is 20.2 Å². The summed E-state index contributed by atoms with van der Waals surface area (Å²) in [4.78, 5) is 24.2. The van der Waals surface area contributed by atoms with E-state index in [9.17, 15) is 31.2 Å². The fraction of sp³-hybridized carbons (Fsp3) is 0.143. The third-order valence-corrected chi connectivity index (χ3v) is 5.83. The van der Waals surface area contributed by atoms with Crippen molar-refractivity contribution < 1.29 is 35.6 Å². The van der Waals surface area contributed by atoms with Gasteiger partial charge in [-0.15, -0.1) is 0 Å². The van der Waals surface area contributed by atoms with E-state index in [2.05, 4.69) is 15.6 Å². The van der Waals surface area contributed by atoms with Crippen molar-refractivity contribution in [3.05, 3.63) is 82.8 Å². The molecule has 3 N–H and O–H groups in total. The Morgan fingerprint density at radius 3 is 2.12 bits per heavy atom. The average molecular weight is 481 g/mol. The van der Waals surface area contributed by atoms with E-state index in [1.807, 2.05) is 0 Å². The van der Waals surface area contributed by atoms with Gasteiger partial charge in [-0.05, 0) is 50.2 Å². The van der Waals surface area contributed by atoms with Gasteiger partial charge in [-0.2, -0.15) is 13.2 Å². The average Bonchev–Trinajstić information content (AvgIpc) is 3.09. The van der Waals surface area contributed by atoms with E-state index in [-0.39, 0.29) is 16.8 Å². The maximum absolute atomic E-state index is 12.9. The summed E-state index contributed by atoms with van der Waals surface area (Å²) in [7, 11) is -4.46. The largest absolute Gasteiger partial charge is 0.466 e. The number of furan rings is 1. The van der Waals surface area contributed by atoms with Crippen LogP contribution in [0, 0.1) is 13.8 Å². The molecule has 3 aromatic rings. The third-order valence-electron chi connectivity index (χ3n) is 4.46. The lowest BCUT2D eigenvalue weighted by molar-refractivity contribution is -0.137. The highest BCUT2D eigenvalue weighted by molar-refractivity contribution is 7.92. The van der Waals surface area contributed by atoms with Gasteiger partial charge in [0.25, 0.3) is 21.8 Å². The van der Waals surface area contributed by atoms with E-state index in [4.69, 9.17) is 4.42 Å². The molecular formula is C21H18F3N3O5S. The lowest BCUT2D eigenvalue weighted by Gasteiger charge is -2.14. The zero-order chi connectivity index (χ0) is 24.4. The maximum atomic E-state index is 12.9. The first-order valence-corrected chi connectivity index (χ1v) is 10.8. The van der Waals surface area contributed by atoms with Gasteiger partial charge in [0.1, 0.15) is 11.5 Å². The number of anilines is 1. The summed E-state index contributed by atoms with van der Waals surface area (Å²) in [6.07, 6.45) is -4.73. The minimum atomic E-state index is -4.73. The third kappa shape index (κ3) is 5.52. The quantitative estimate of drug-likeness (QED) is 0.480. The normalized spacial score (nSPS) is 11.7. The van der Waals surface area contributed by atoms with E-state index in [1.165, 1.54) is 30.3 Å². The van der Waals surface area contributed by atoms with Crippen LogP contribution in [0.2, 0.25) is 0 Å². The predicted molar refractivity (Wildman–Crippen MR) is 112 cm³/mol. The summed E-state index contributed by atoms with van der Waals surface area (Å²) in [6, 6.07) is 10.1. The molecule has 0 radical (unpaired) electrons. The molecule has 0 bridgehead atoms. The van der Waals surface area contributed by atoms with Gasteiger partial charge in [-0.3, -0.25) is 25.2 Å². The second kappa shape index (κ2) is 8.98. The van der Waals surface area contributed by atoms with Crippen molar-refractivity contribution in [2.45, 2.75) is 24.9 Å². The highest BCUT2D eigenvalue weighted by Crippen LogP contribution is 2.31. The number of carbonyl (C=O) groups excluding carboxylic acids is 2. The van der Waals surface area contributed by atoms with Gasteiger partial charge >= 0.3 is 6.18 Å². The van der Waals surface area contributed by atoms with Crippen molar-refractivity contribution >= 4 is 27.5 Å². The number of hydrogen-bond donors (Lipinski definition) is 3. The topological polar surface area (TPSA) is 118 Å². The zero-order valence-corrected chi connectivity index (χ0v) is 18.1. The number of rotatable bonds is 5. The van der Waals surface area contributed by atoms with Crippen LogP contribution in [0.4, 0.5) is 18.9 Å². The van der Waals surface area contributed by atoms with Crippen molar-refractivity contribution in [1.29, 1.82) is 0 Å². The summed E-state index contributed by atoms with van der Waals surface area (Å²) in [5, 5.41) is 0. The molecule has 2 amide bonds. The van der Waals surface area contributed by atoms with E-state index < -0.39 is 38.5 Å². The Kier molecular flexibility index (Phi) is 6.49. The van der Waals surface area contributed by atoms with Crippen molar-refractivity contribution in [3.8, 4) is 0 Å². The summed E-state index contributed by atoms with van der Waals surface area (Å²) >= 11 is 0. The SMILES string of the molecule is Cc1cc(C(=O)NNC(=O)c2ccccc2NS(=O)(=O)c2cccc(C(F)(F)F)c2)c(C)o1. The van der Waals surface area contributed by atoms with Crippen LogP contribution in [0.1, 0.15) is 37.8 Å². The molecule has 8 nitrogen and oxygen atoms in total. The van der Waals surface area contributed by atoms with Crippen molar-refractivity contribution in [3.63, 3.8) is 0 Å². The Hall–Kier alpha value is -3.80. The lowest BCUT2D eigenvalue weighted by atomic mass is 10.2. The van der Waals surface area contributed by atoms with Gasteiger partial charge in [0.2, 0.25) is 0 Å². The van der Waals surface area contributed by atoms with Gasteiger partial charge in [0, 0.05) is 0 Å². The molecule has 0 fully saturated rings. The van der Waals surface area contributed by atoms with Crippen LogP contribution in [0.15, 0.2) is 63.9 Å². The van der Waals surface area contributed by atoms with Crippen molar-refractivity contribution in [2.75, 3.05) is 4.72 Å². The number of nitrogens with one attached hydrogen (secondary N) is 3. The fourth-order valence-electron chi connectivity index (χ4n) is 2.92. The number of hydrogen-bond acceptors (Lipinski definition) is 5. The highest BCUT2D eigenvalue weighted by atomic mass is 32.2. The van der Waals surface area contributed by atoms with Crippen LogP contribution in [0.5, 0.6) is 0 Å². The molecule has 3 rings (SSSR count). The van der Waals surface area contributed by atoms with E-state index in [0.717, 1.165) is 18.2 Å². The minimum Gasteiger partial charge on any atom is -0.466 e. The lowest BCUT2D eigenvalue weighted by Crippen LogP contribution is -2.42. The number of halogens is 3. The minimum absolute atomic E-state index is 0.173. The first-order valence-electron chi connectivity index (χ1n) is 9.35. The van der Waals surface area contributed by atoms with E-state index >= 15 is 0 Å². The molecule has 2 aromatic carbocycles. The summed E-state index contributed by atoms with van der Waals surface area (Å²) in [5.41, 5.74) is 3.06. The Bertz CT molecular complexity index is 1320. The number of alkyl halides is 3.